The van der Waals surface area contributed by atoms with Crippen LogP contribution in [-0.4, -0.2) is 16.8 Å². The lowest BCUT2D eigenvalue weighted by molar-refractivity contribution is -0.165. The fourth-order valence-corrected chi connectivity index (χ4v) is 2.34. The first kappa shape index (κ1) is 16.1. The molecule has 1 aliphatic rings. The van der Waals surface area contributed by atoms with Crippen LogP contribution in [0.3, 0.4) is 0 Å². The summed E-state index contributed by atoms with van der Waals surface area (Å²) in [5.74, 6) is -2.41. The van der Waals surface area contributed by atoms with Crippen molar-refractivity contribution in [3.8, 4) is 0 Å². The van der Waals surface area contributed by atoms with Crippen molar-refractivity contribution in [2.24, 2.45) is 5.92 Å². The van der Waals surface area contributed by atoms with E-state index in [1.165, 1.54) is 37.1 Å². The summed E-state index contributed by atoms with van der Waals surface area (Å²) >= 11 is 0. The first-order valence-corrected chi connectivity index (χ1v) is 7.46. The van der Waals surface area contributed by atoms with Crippen LogP contribution in [0.5, 0.6) is 0 Å². The molecule has 0 saturated heterocycles. The Kier molecular flexibility index (Phi) is 4.47. The minimum absolute atomic E-state index is 0.0325. The van der Waals surface area contributed by atoms with Crippen molar-refractivity contribution in [1.82, 2.24) is 0 Å². The third-order valence-electron chi connectivity index (χ3n) is 4.34. The van der Waals surface area contributed by atoms with Gasteiger partial charge >= 0.3 is 0 Å². The Labute approximate surface area is 124 Å². The minimum Gasteiger partial charge on any atom is -0.379 e. The molecule has 1 N–H and O–H groups in total. The Bertz CT molecular complexity index is 497. The summed E-state index contributed by atoms with van der Waals surface area (Å²) < 4.78 is 26.8. The molecule has 0 unspecified atom stereocenters. The molecular weight excluding hydrogens is 274 g/mol. The van der Waals surface area contributed by atoms with Crippen LogP contribution in [-0.2, 0) is 5.60 Å². The van der Waals surface area contributed by atoms with E-state index >= 15 is 0 Å². The van der Waals surface area contributed by atoms with E-state index in [0.717, 1.165) is 25.7 Å². The molecule has 1 aromatic carbocycles. The van der Waals surface area contributed by atoms with Gasteiger partial charge in [-0.1, -0.05) is 43.5 Å². The number of hydrogen-bond acceptors (Lipinski definition) is 2. The summed E-state index contributed by atoms with van der Waals surface area (Å²) in [6, 6.07) is 5.86. The van der Waals surface area contributed by atoms with Crippen LogP contribution in [0.25, 0.3) is 0 Å². The van der Waals surface area contributed by atoms with E-state index in [2.05, 4.69) is 0 Å². The van der Waals surface area contributed by atoms with Crippen molar-refractivity contribution in [2.45, 2.75) is 57.5 Å². The van der Waals surface area contributed by atoms with E-state index in [0.29, 0.717) is 18.9 Å². The molecule has 2 nitrogen and oxygen atoms in total. The van der Waals surface area contributed by atoms with Crippen LogP contribution in [0.2, 0.25) is 0 Å². The molecule has 0 heterocycles. The van der Waals surface area contributed by atoms with Crippen LogP contribution in [0.4, 0.5) is 8.78 Å². The van der Waals surface area contributed by atoms with E-state index in [1.807, 2.05) is 0 Å². The maximum absolute atomic E-state index is 13.4. The molecule has 1 aromatic rings. The number of carbonyl (C=O) groups is 1. The van der Waals surface area contributed by atoms with Gasteiger partial charge in [0.15, 0.2) is 5.78 Å². The van der Waals surface area contributed by atoms with Crippen LogP contribution in [0, 0.1) is 5.92 Å². The molecule has 0 bridgehead atoms. The number of hydrogen-bond donors (Lipinski definition) is 1. The molecule has 0 aromatic heterocycles. The first-order chi connectivity index (χ1) is 9.72. The maximum Gasteiger partial charge on any atom is 0.277 e. The fourth-order valence-electron chi connectivity index (χ4n) is 2.34. The second-order valence-corrected chi connectivity index (χ2v) is 6.30. The molecule has 1 atom stereocenters. The van der Waals surface area contributed by atoms with Gasteiger partial charge in [0.25, 0.3) is 5.92 Å². The summed E-state index contributed by atoms with van der Waals surface area (Å²) in [6.07, 6.45) is 5.04. The van der Waals surface area contributed by atoms with Gasteiger partial charge in [-0.25, -0.2) is 8.78 Å². The highest BCUT2D eigenvalue weighted by atomic mass is 19.3. The Morgan fingerprint density at radius 1 is 1.24 bits per heavy atom. The quantitative estimate of drug-likeness (QED) is 0.761. The average molecular weight is 296 g/mol. The predicted octanol–water partition coefficient (Wildman–Crippen LogP) is 4.31. The summed E-state index contributed by atoms with van der Waals surface area (Å²) in [5, 5.41) is 9.93. The molecule has 0 spiro atoms. The number of Topliss-reactive ketones (excluding diaryl/α,β-unsaturated/α-hetero) is 1. The molecule has 2 rings (SSSR count). The van der Waals surface area contributed by atoms with Crippen molar-refractivity contribution >= 4 is 5.78 Å². The zero-order valence-corrected chi connectivity index (χ0v) is 12.5. The molecule has 0 radical (unpaired) electrons. The van der Waals surface area contributed by atoms with E-state index in [1.54, 1.807) is 0 Å². The SMILES string of the molecule is CC(F)(F)[C@@](C)(O)c1ccc(C(=O)CCCC2CC2)cc1. The van der Waals surface area contributed by atoms with Crippen molar-refractivity contribution in [1.29, 1.82) is 0 Å². The van der Waals surface area contributed by atoms with Crippen LogP contribution in [0.15, 0.2) is 24.3 Å². The van der Waals surface area contributed by atoms with E-state index in [4.69, 9.17) is 0 Å². The second-order valence-electron chi connectivity index (χ2n) is 6.30. The monoisotopic (exact) mass is 296 g/mol. The number of alkyl halides is 2. The summed E-state index contributed by atoms with van der Waals surface area (Å²) in [4.78, 5) is 12.0. The van der Waals surface area contributed by atoms with E-state index in [9.17, 15) is 18.7 Å². The van der Waals surface area contributed by atoms with Gasteiger partial charge in [-0.05, 0) is 24.8 Å². The highest BCUT2D eigenvalue weighted by molar-refractivity contribution is 5.96. The third kappa shape index (κ3) is 3.88. The van der Waals surface area contributed by atoms with Gasteiger partial charge in [0.2, 0.25) is 0 Å². The van der Waals surface area contributed by atoms with Gasteiger partial charge in [-0.3, -0.25) is 4.79 Å². The summed E-state index contributed by atoms with van der Waals surface area (Å²) in [6.45, 7) is 1.77. The van der Waals surface area contributed by atoms with Gasteiger partial charge in [0, 0.05) is 18.9 Å². The average Bonchev–Trinajstić information content (AvgIpc) is 3.21. The Hall–Kier alpha value is -1.29. The van der Waals surface area contributed by atoms with Crippen molar-refractivity contribution in [2.75, 3.05) is 0 Å². The Morgan fingerprint density at radius 2 is 1.81 bits per heavy atom. The molecular formula is C17H22F2O2. The van der Waals surface area contributed by atoms with Crippen LogP contribution in [0.1, 0.15) is 61.9 Å². The number of rotatable bonds is 7. The lowest BCUT2D eigenvalue weighted by Crippen LogP contribution is -2.40. The van der Waals surface area contributed by atoms with Gasteiger partial charge < -0.3 is 5.11 Å². The first-order valence-electron chi connectivity index (χ1n) is 7.46. The van der Waals surface area contributed by atoms with Gasteiger partial charge in [-0.2, -0.15) is 0 Å². The maximum atomic E-state index is 13.4. The molecule has 0 amide bonds. The normalized spacial score (nSPS) is 18.3. The number of ketones is 1. The Balaban J connectivity index is 1.99. The third-order valence-corrected chi connectivity index (χ3v) is 4.34. The summed E-state index contributed by atoms with van der Waals surface area (Å²) in [7, 11) is 0. The van der Waals surface area contributed by atoms with E-state index < -0.39 is 11.5 Å². The highest BCUT2D eigenvalue weighted by Crippen LogP contribution is 2.37. The number of benzene rings is 1. The number of carbonyl (C=O) groups excluding carboxylic acids is 1. The predicted molar refractivity (Wildman–Crippen MR) is 77.5 cm³/mol. The fraction of sp³-hybridized carbons (Fsp3) is 0.588. The molecule has 0 aliphatic heterocycles. The zero-order chi connectivity index (χ0) is 15.7. The number of halogens is 2. The standard InChI is InChI=1S/C17H22F2O2/c1-16(21,17(2,18)19)14-10-8-13(9-11-14)15(20)5-3-4-12-6-7-12/h8-12,21H,3-7H2,1-2H3/t16-/m0/s1. The van der Waals surface area contributed by atoms with Gasteiger partial charge in [0.1, 0.15) is 5.60 Å². The molecule has 21 heavy (non-hydrogen) atoms. The van der Waals surface area contributed by atoms with Crippen LogP contribution < -0.4 is 0 Å². The zero-order valence-electron chi connectivity index (χ0n) is 12.5. The van der Waals surface area contributed by atoms with Crippen molar-refractivity contribution < 1.29 is 18.7 Å². The van der Waals surface area contributed by atoms with Crippen molar-refractivity contribution in [3.63, 3.8) is 0 Å². The molecule has 1 fully saturated rings. The summed E-state index contributed by atoms with van der Waals surface area (Å²) in [5.41, 5.74) is -1.60. The van der Waals surface area contributed by atoms with Gasteiger partial charge in [0.05, 0.1) is 0 Å². The van der Waals surface area contributed by atoms with Crippen LogP contribution >= 0.6 is 0 Å². The number of aliphatic hydroxyl groups is 1. The van der Waals surface area contributed by atoms with E-state index in [-0.39, 0.29) is 11.3 Å². The minimum atomic E-state index is -3.25. The lowest BCUT2D eigenvalue weighted by Gasteiger charge is -2.30. The molecule has 4 heteroatoms. The topological polar surface area (TPSA) is 37.3 Å². The molecule has 1 saturated carbocycles. The molecule has 1 aliphatic carbocycles. The Morgan fingerprint density at radius 3 is 2.29 bits per heavy atom. The smallest absolute Gasteiger partial charge is 0.277 e. The second kappa shape index (κ2) is 5.84. The lowest BCUT2D eigenvalue weighted by atomic mass is 9.89. The van der Waals surface area contributed by atoms with Crippen molar-refractivity contribution in [3.05, 3.63) is 35.4 Å². The van der Waals surface area contributed by atoms with Gasteiger partial charge in [-0.15, -0.1) is 0 Å². The molecule has 116 valence electrons. The largest absolute Gasteiger partial charge is 0.379 e. The highest BCUT2D eigenvalue weighted by Gasteiger charge is 2.45.